The summed E-state index contributed by atoms with van der Waals surface area (Å²) in [6.07, 6.45) is 3.36. The summed E-state index contributed by atoms with van der Waals surface area (Å²) in [5.41, 5.74) is 0.971. The van der Waals surface area contributed by atoms with Crippen molar-refractivity contribution in [2.75, 3.05) is 12.4 Å². The molecule has 2 aromatic heterocycles. The number of aryl methyl sites for hydroxylation is 2. The number of fused-ring (bicyclic) bond motifs is 1. The van der Waals surface area contributed by atoms with Gasteiger partial charge in [-0.25, -0.2) is 9.78 Å². The standard InChI is InChI=1S/C20H20ClN3O4S/c1-4-5-8-24-10-22-18-15(19(24)26)11(2)16(29-18)17(25)23-14-9-12(20(27)28-3)6-7-13(14)21/h6-7,9-10H,4-5,8H2,1-3H3,(H,23,25). The minimum atomic E-state index is -0.535. The van der Waals surface area contributed by atoms with Crippen LogP contribution in [-0.4, -0.2) is 28.5 Å². The number of esters is 1. The number of ether oxygens (including phenoxy) is 1. The number of unbranched alkanes of at least 4 members (excludes halogenated alkanes) is 1. The van der Waals surface area contributed by atoms with Gasteiger partial charge in [0.05, 0.1) is 40.0 Å². The normalized spacial score (nSPS) is 10.9. The first-order chi connectivity index (χ1) is 13.9. The van der Waals surface area contributed by atoms with E-state index >= 15 is 0 Å². The van der Waals surface area contributed by atoms with Gasteiger partial charge in [0.15, 0.2) is 0 Å². The fourth-order valence-electron chi connectivity index (χ4n) is 2.91. The molecule has 0 saturated carbocycles. The number of thiophene rings is 1. The van der Waals surface area contributed by atoms with E-state index in [1.807, 2.05) is 0 Å². The molecule has 7 nitrogen and oxygen atoms in total. The maximum absolute atomic E-state index is 12.9. The average Bonchev–Trinajstić information content (AvgIpc) is 3.06. The van der Waals surface area contributed by atoms with E-state index < -0.39 is 11.9 Å². The third-order valence-corrected chi connectivity index (χ3v) is 6.04. The highest BCUT2D eigenvalue weighted by Gasteiger charge is 2.20. The minimum absolute atomic E-state index is 0.151. The Balaban J connectivity index is 1.96. The van der Waals surface area contributed by atoms with Gasteiger partial charge in [0.1, 0.15) is 4.83 Å². The van der Waals surface area contributed by atoms with Gasteiger partial charge in [-0.05, 0) is 37.1 Å². The van der Waals surface area contributed by atoms with Gasteiger partial charge in [-0.2, -0.15) is 0 Å². The number of benzene rings is 1. The second-order valence-corrected chi connectivity index (χ2v) is 7.88. The van der Waals surface area contributed by atoms with Gasteiger partial charge in [0.2, 0.25) is 0 Å². The Morgan fingerprint density at radius 2 is 2.10 bits per heavy atom. The molecule has 1 N–H and O–H groups in total. The number of nitrogens with zero attached hydrogens (tertiary/aromatic N) is 2. The van der Waals surface area contributed by atoms with Gasteiger partial charge in [-0.15, -0.1) is 11.3 Å². The van der Waals surface area contributed by atoms with Crippen molar-refractivity contribution in [3.8, 4) is 0 Å². The van der Waals surface area contributed by atoms with E-state index in [4.69, 9.17) is 16.3 Å². The molecule has 0 radical (unpaired) electrons. The lowest BCUT2D eigenvalue weighted by Gasteiger charge is -2.08. The first kappa shape index (κ1) is 21.0. The Morgan fingerprint density at radius 3 is 2.79 bits per heavy atom. The largest absolute Gasteiger partial charge is 0.465 e. The number of carbonyl (C=O) groups excluding carboxylic acids is 2. The van der Waals surface area contributed by atoms with Crippen molar-refractivity contribution in [3.63, 3.8) is 0 Å². The number of hydrogen-bond donors (Lipinski definition) is 1. The topological polar surface area (TPSA) is 90.3 Å². The van der Waals surface area contributed by atoms with E-state index in [1.165, 1.54) is 31.6 Å². The Hall–Kier alpha value is -2.71. The first-order valence-electron chi connectivity index (χ1n) is 9.05. The molecule has 3 aromatic rings. The van der Waals surface area contributed by atoms with Crippen LogP contribution in [-0.2, 0) is 11.3 Å². The van der Waals surface area contributed by atoms with E-state index in [0.29, 0.717) is 27.2 Å². The van der Waals surface area contributed by atoms with Crippen molar-refractivity contribution >= 4 is 50.7 Å². The van der Waals surface area contributed by atoms with E-state index in [9.17, 15) is 14.4 Å². The summed E-state index contributed by atoms with van der Waals surface area (Å²) in [7, 11) is 1.27. The van der Waals surface area contributed by atoms with Gasteiger partial charge < -0.3 is 10.1 Å². The van der Waals surface area contributed by atoms with Crippen molar-refractivity contribution < 1.29 is 14.3 Å². The highest BCUT2D eigenvalue weighted by Crippen LogP contribution is 2.29. The second kappa shape index (κ2) is 8.75. The van der Waals surface area contributed by atoms with Crippen molar-refractivity contribution in [1.82, 2.24) is 9.55 Å². The maximum atomic E-state index is 12.9. The van der Waals surface area contributed by atoms with Crippen LogP contribution in [0.5, 0.6) is 0 Å². The maximum Gasteiger partial charge on any atom is 0.337 e. The van der Waals surface area contributed by atoms with Gasteiger partial charge in [-0.1, -0.05) is 24.9 Å². The molecule has 1 aromatic carbocycles. The number of rotatable bonds is 6. The van der Waals surface area contributed by atoms with Crippen LogP contribution in [0, 0.1) is 6.92 Å². The van der Waals surface area contributed by atoms with Crippen molar-refractivity contribution in [1.29, 1.82) is 0 Å². The summed E-state index contributed by atoms with van der Waals surface area (Å²) in [4.78, 5) is 42.6. The molecule has 0 bridgehead atoms. The smallest absolute Gasteiger partial charge is 0.337 e. The molecular formula is C20H20ClN3O4S. The lowest BCUT2D eigenvalue weighted by atomic mass is 10.2. The van der Waals surface area contributed by atoms with Gasteiger partial charge >= 0.3 is 5.97 Å². The molecule has 152 valence electrons. The lowest BCUT2D eigenvalue weighted by Crippen LogP contribution is -2.20. The molecule has 0 saturated heterocycles. The SMILES string of the molecule is CCCCn1cnc2sc(C(=O)Nc3cc(C(=O)OC)ccc3Cl)c(C)c2c1=O. The van der Waals surface area contributed by atoms with Crippen molar-refractivity contribution in [2.24, 2.45) is 0 Å². The molecule has 0 atom stereocenters. The van der Waals surface area contributed by atoms with Gasteiger partial charge in [-0.3, -0.25) is 14.2 Å². The predicted molar refractivity (Wildman–Crippen MR) is 114 cm³/mol. The number of halogens is 1. The number of hydrogen-bond acceptors (Lipinski definition) is 6. The third-order valence-electron chi connectivity index (χ3n) is 4.51. The van der Waals surface area contributed by atoms with Crippen molar-refractivity contribution in [3.05, 3.63) is 55.9 Å². The van der Waals surface area contributed by atoms with Gasteiger partial charge in [0, 0.05) is 6.54 Å². The molecule has 0 aliphatic heterocycles. The van der Waals surface area contributed by atoms with Crippen LogP contribution in [0.4, 0.5) is 5.69 Å². The van der Waals surface area contributed by atoms with Crippen LogP contribution in [0.1, 0.15) is 45.4 Å². The van der Waals surface area contributed by atoms with E-state index in [1.54, 1.807) is 11.5 Å². The summed E-state index contributed by atoms with van der Waals surface area (Å²) in [5, 5.41) is 3.45. The molecular weight excluding hydrogens is 414 g/mol. The van der Waals surface area contributed by atoms with E-state index in [2.05, 4.69) is 17.2 Å². The monoisotopic (exact) mass is 433 g/mol. The molecule has 0 fully saturated rings. The number of amides is 1. The van der Waals surface area contributed by atoms with Crippen LogP contribution in [0.3, 0.4) is 0 Å². The van der Waals surface area contributed by atoms with Gasteiger partial charge in [0.25, 0.3) is 11.5 Å². The molecule has 9 heteroatoms. The van der Waals surface area contributed by atoms with Crippen LogP contribution >= 0.6 is 22.9 Å². The molecule has 0 spiro atoms. The lowest BCUT2D eigenvalue weighted by molar-refractivity contribution is 0.0600. The fourth-order valence-corrected chi connectivity index (χ4v) is 4.11. The summed E-state index contributed by atoms with van der Waals surface area (Å²) >= 11 is 7.31. The third kappa shape index (κ3) is 4.18. The Labute approximate surface area is 176 Å². The van der Waals surface area contributed by atoms with Crippen LogP contribution in [0.2, 0.25) is 5.02 Å². The minimum Gasteiger partial charge on any atom is -0.465 e. The zero-order valence-corrected chi connectivity index (χ0v) is 17.8. The first-order valence-corrected chi connectivity index (χ1v) is 10.2. The number of methoxy groups -OCH3 is 1. The Kier molecular flexibility index (Phi) is 6.34. The second-order valence-electron chi connectivity index (χ2n) is 6.47. The molecule has 1 amide bonds. The van der Waals surface area contributed by atoms with Crippen LogP contribution < -0.4 is 10.9 Å². The summed E-state index contributed by atoms with van der Waals surface area (Å²) in [5.74, 6) is -0.957. The Bertz CT molecular complexity index is 1150. The molecule has 29 heavy (non-hydrogen) atoms. The molecule has 3 rings (SSSR count). The fraction of sp³-hybridized carbons (Fsp3) is 0.300. The quantitative estimate of drug-likeness (QED) is 0.586. The number of anilines is 1. The zero-order valence-electron chi connectivity index (χ0n) is 16.2. The highest BCUT2D eigenvalue weighted by molar-refractivity contribution is 7.20. The molecule has 0 aliphatic rings. The molecule has 0 unspecified atom stereocenters. The van der Waals surface area contributed by atoms with E-state index in [-0.39, 0.29) is 21.8 Å². The predicted octanol–water partition coefficient (Wildman–Crippen LogP) is 4.26. The average molecular weight is 434 g/mol. The summed E-state index contributed by atoms with van der Waals surface area (Å²) in [6.45, 7) is 4.37. The summed E-state index contributed by atoms with van der Waals surface area (Å²) < 4.78 is 6.27. The molecule has 2 heterocycles. The number of carbonyl (C=O) groups is 2. The van der Waals surface area contributed by atoms with Crippen LogP contribution in [0.25, 0.3) is 10.2 Å². The summed E-state index contributed by atoms with van der Waals surface area (Å²) in [6, 6.07) is 4.47. The van der Waals surface area contributed by atoms with E-state index in [0.717, 1.165) is 24.2 Å². The number of nitrogens with one attached hydrogen (secondary N) is 1. The zero-order chi connectivity index (χ0) is 21.1. The number of aromatic nitrogens is 2. The van der Waals surface area contributed by atoms with Crippen molar-refractivity contribution in [2.45, 2.75) is 33.2 Å². The highest BCUT2D eigenvalue weighted by atomic mass is 35.5. The van der Waals surface area contributed by atoms with Crippen LogP contribution in [0.15, 0.2) is 29.3 Å². The Morgan fingerprint density at radius 1 is 1.34 bits per heavy atom. The molecule has 0 aliphatic carbocycles.